The maximum Gasteiger partial charge on any atom is 0.251 e. The fraction of sp³-hybridized carbons (Fsp3) is 1.00. The van der Waals surface area contributed by atoms with Crippen molar-refractivity contribution in [2.24, 2.45) is 0 Å². The van der Waals surface area contributed by atoms with Gasteiger partial charge in [-0.25, -0.2) is 8.78 Å². The van der Waals surface area contributed by atoms with Crippen LogP contribution in [-0.4, -0.2) is 31.0 Å². The Labute approximate surface area is 88.5 Å². The van der Waals surface area contributed by atoms with Gasteiger partial charge in [0, 0.05) is 6.04 Å². The quantitative estimate of drug-likeness (QED) is 0.678. The molecule has 14 heavy (non-hydrogen) atoms. The summed E-state index contributed by atoms with van der Waals surface area (Å²) in [5.41, 5.74) is 0. The number of nitrogens with zero attached hydrogens (tertiary/aromatic N) is 1. The summed E-state index contributed by atoms with van der Waals surface area (Å²) in [5.74, 6) is 0. The molecule has 0 bridgehead atoms. The molecule has 0 saturated heterocycles. The van der Waals surface area contributed by atoms with Crippen LogP contribution < -0.4 is 0 Å². The average molecular weight is 211 g/mol. The largest absolute Gasteiger partial charge is 0.298 e. The second-order valence-corrected chi connectivity index (χ2v) is 2.59. The van der Waals surface area contributed by atoms with Crippen LogP contribution >= 0.6 is 0 Å². The molecule has 0 aromatic heterocycles. The second kappa shape index (κ2) is 15.3. The molecule has 0 radical (unpaired) electrons. The van der Waals surface area contributed by atoms with Crippen LogP contribution in [0.1, 0.15) is 48.0 Å². The van der Waals surface area contributed by atoms with Crippen molar-refractivity contribution in [1.82, 2.24) is 4.90 Å². The first-order chi connectivity index (χ1) is 6.57. The van der Waals surface area contributed by atoms with Crippen LogP contribution in [0.5, 0.6) is 0 Å². The molecule has 0 fully saturated rings. The van der Waals surface area contributed by atoms with Gasteiger partial charge in [0.2, 0.25) is 0 Å². The Morgan fingerprint density at radius 2 is 1.43 bits per heavy atom. The van der Waals surface area contributed by atoms with Gasteiger partial charge >= 0.3 is 0 Å². The maximum atomic E-state index is 11.7. The van der Waals surface area contributed by atoms with E-state index in [1.165, 1.54) is 0 Å². The lowest BCUT2D eigenvalue weighted by Gasteiger charge is -2.22. The third-order valence-corrected chi connectivity index (χ3v) is 1.77. The van der Waals surface area contributed by atoms with Gasteiger partial charge in [-0.3, -0.25) is 4.90 Å². The first-order valence-electron chi connectivity index (χ1n) is 5.56. The number of alkyl halides is 2. The molecule has 0 heterocycles. The maximum absolute atomic E-state index is 11.7. The molecule has 90 valence electrons. The van der Waals surface area contributed by atoms with Crippen molar-refractivity contribution in [2.75, 3.05) is 13.6 Å². The van der Waals surface area contributed by atoms with E-state index < -0.39 is 6.43 Å². The highest BCUT2D eigenvalue weighted by Gasteiger charge is 2.11. The van der Waals surface area contributed by atoms with Crippen molar-refractivity contribution < 1.29 is 8.78 Å². The summed E-state index contributed by atoms with van der Waals surface area (Å²) in [7, 11) is 1.72. The zero-order valence-corrected chi connectivity index (χ0v) is 10.8. The molecular weight excluding hydrogens is 184 g/mol. The number of rotatable bonds is 4. The van der Waals surface area contributed by atoms with Crippen molar-refractivity contribution >= 4 is 0 Å². The number of halogens is 2. The molecule has 0 spiro atoms. The lowest BCUT2D eigenvalue weighted by atomic mass is 10.2. The van der Waals surface area contributed by atoms with Gasteiger partial charge in [-0.2, -0.15) is 0 Å². The molecule has 1 unspecified atom stereocenters. The SMILES string of the molecule is CC.CC.CCC(C)N(C)CC(F)F. The Morgan fingerprint density at radius 3 is 1.64 bits per heavy atom. The minimum atomic E-state index is -2.21. The van der Waals surface area contributed by atoms with E-state index in [0.29, 0.717) is 0 Å². The van der Waals surface area contributed by atoms with Gasteiger partial charge < -0.3 is 0 Å². The van der Waals surface area contributed by atoms with Crippen LogP contribution in [0.4, 0.5) is 8.78 Å². The van der Waals surface area contributed by atoms with E-state index in [2.05, 4.69) is 0 Å². The molecule has 0 N–H and O–H groups in total. The molecule has 0 amide bonds. The van der Waals surface area contributed by atoms with Crippen molar-refractivity contribution in [1.29, 1.82) is 0 Å². The third-order valence-electron chi connectivity index (χ3n) is 1.77. The highest BCUT2D eigenvalue weighted by molar-refractivity contribution is 4.61. The predicted octanol–water partition coefficient (Wildman–Crippen LogP) is 4.03. The molecule has 3 heteroatoms. The molecule has 1 nitrogen and oxygen atoms in total. The summed E-state index contributed by atoms with van der Waals surface area (Å²) < 4.78 is 23.5. The van der Waals surface area contributed by atoms with Gasteiger partial charge in [-0.1, -0.05) is 34.6 Å². The molecule has 0 aliphatic heterocycles. The Morgan fingerprint density at radius 1 is 1.07 bits per heavy atom. The van der Waals surface area contributed by atoms with Crippen LogP contribution in [0.3, 0.4) is 0 Å². The molecule has 0 aromatic rings. The van der Waals surface area contributed by atoms with Crippen LogP contribution in [0.25, 0.3) is 0 Å². The summed E-state index contributed by atoms with van der Waals surface area (Å²) >= 11 is 0. The molecular formula is C11H27F2N. The third kappa shape index (κ3) is 14.3. The van der Waals surface area contributed by atoms with E-state index >= 15 is 0 Å². The summed E-state index contributed by atoms with van der Waals surface area (Å²) in [6, 6.07) is 0.258. The highest BCUT2D eigenvalue weighted by Crippen LogP contribution is 2.03. The summed E-state index contributed by atoms with van der Waals surface area (Å²) in [5, 5.41) is 0. The minimum absolute atomic E-state index is 0.116. The zero-order valence-electron chi connectivity index (χ0n) is 10.8. The van der Waals surface area contributed by atoms with E-state index in [0.717, 1.165) is 6.42 Å². The topological polar surface area (TPSA) is 3.24 Å². The van der Waals surface area contributed by atoms with Gasteiger partial charge in [0.15, 0.2) is 0 Å². The summed E-state index contributed by atoms with van der Waals surface area (Å²) in [6.07, 6.45) is -1.29. The molecule has 0 aliphatic rings. The molecule has 0 aliphatic carbocycles. The van der Waals surface area contributed by atoms with Crippen molar-refractivity contribution in [3.05, 3.63) is 0 Å². The summed E-state index contributed by atoms with van der Waals surface area (Å²) in [4.78, 5) is 1.67. The Balaban J connectivity index is -0.000000266. The van der Waals surface area contributed by atoms with Gasteiger partial charge in [-0.15, -0.1) is 0 Å². The first kappa shape index (κ1) is 19.4. The van der Waals surface area contributed by atoms with Crippen LogP contribution in [0, 0.1) is 0 Å². The van der Waals surface area contributed by atoms with Crippen LogP contribution in [0.15, 0.2) is 0 Å². The highest BCUT2D eigenvalue weighted by atomic mass is 19.3. The van der Waals surface area contributed by atoms with Gasteiger partial charge in [0.25, 0.3) is 6.43 Å². The Hall–Kier alpha value is -0.180. The number of hydrogen-bond donors (Lipinski definition) is 0. The lowest BCUT2D eigenvalue weighted by molar-refractivity contribution is 0.0835. The minimum Gasteiger partial charge on any atom is -0.298 e. The van der Waals surface area contributed by atoms with Crippen molar-refractivity contribution in [3.63, 3.8) is 0 Å². The molecule has 0 rings (SSSR count). The zero-order chi connectivity index (χ0) is 12.1. The van der Waals surface area contributed by atoms with Crippen LogP contribution in [-0.2, 0) is 0 Å². The van der Waals surface area contributed by atoms with E-state index in [1.807, 2.05) is 41.5 Å². The van der Waals surface area contributed by atoms with E-state index in [4.69, 9.17) is 0 Å². The molecule has 0 saturated carbocycles. The predicted molar refractivity (Wildman–Crippen MR) is 61.1 cm³/mol. The monoisotopic (exact) mass is 211 g/mol. The van der Waals surface area contributed by atoms with E-state index in [-0.39, 0.29) is 12.6 Å². The molecule has 1 atom stereocenters. The smallest absolute Gasteiger partial charge is 0.251 e. The van der Waals surface area contributed by atoms with Gasteiger partial charge in [0.1, 0.15) is 0 Å². The van der Waals surface area contributed by atoms with Gasteiger partial charge in [0.05, 0.1) is 6.54 Å². The first-order valence-corrected chi connectivity index (χ1v) is 5.56. The second-order valence-electron chi connectivity index (χ2n) is 2.59. The Bertz CT molecular complexity index is 87.4. The van der Waals surface area contributed by atoms with E-state index in [1.54, 1.807) is 11.9 Å². The Kier molecular flexibility index (Phi) is 21.2. The average Bonchev–Trinajstić information content (AvgIpc) is 2.21. The summed E-state index contributed by atoms with van der Waals surface area (Å²) in [6.45, 7) is 11.8. The van der Waals surface area contributed by atoms with Gasteiger partial charge in [-0.05, 0) is 20.4 Å². The fourth-order valence-electron chi connectivity index (χ4n) is 0.709. The van der Waals surface area contributed by atoms with Crippen molar-refractivity contribution in [2.45, 2.75) is 60.4 Å². The normalized spacial score (nSPS) is 11.4. The lowest BCUT2D eigenvalue weighted by Crippen LogP contribution is -2.32. The molecule has 0 aromatic carbocycles. The van der Waals surface area contributed by atoms with Crippen LogP contribution in [0.2, 0.25) is 0 Å². The fourth-order valence-corrected chi connectivity index (χ4v) is 0.709. The van der Waals surface area contributed by atoms with E-state index in [9.17, 15) is 8.78 Å². The van der Waals surface area contributed by atoms with Crippen molar-refractivity contribution in [3.8, 4) is 0 Å². The standard InChI is InChI=1S/C7H15F2N.2C2H6/c1-4-6(2)10(3)5-7(8)9;2*1-2/h6-7H,4-5H2,1-3H3;2*1-2H3. The number of hydrogen-bond acceptors (Lipinski definition) is 1.